The first-order valence-electron chi connectivity index (χ1n) is 5.81. The fourth-order valence-corrected chi connectivity index (χ4v) is 2.11. The van der Waals surface area contributed by atoms with Crippen molar-refractivity contribution in [1.82, 2.24) is 9.88 Å². The highest BCUT2D eigenvalue weighted by Gasteiger charge is 2.30. The average molecular weight is 266 g/mol. The standard InChI is InChI=1S/C11H14N4O4/c1-13(11(16)17)8-5-6-14(7-8)9-3-2-4-10(12-9)15(18)19/h2-4,8H,5-7H2,1H3,(H,16,17)/t8-/m0/s1. The number of rotatable bonds is 3. The Morgan fingerprint density at radius 1 is 1.63 bits per heavy atom. The summed E-state index contributed by atoms with van der Waals surface area (Å²) in [6.45, 7) is 1.13. The highest BCUT2D eigenvalue weighted by atomic mass is 16.6. The van der Waals surface area contributed by atoms with E-state index in [0.717, 1.165) is 0 Å². The number of likely N-dealkylation sites (N-methyl/N-ethyl adjacent to an activating group) is 1. The molecule has 0 unspecified atom stereocenters. The van der Waals surface area contributed by atoms with Crippen molar-refractivity contribution in [3.8, 4) is 0 Å². The Labute approximate surface area is 109 Å². The van der Waals surface area contributed by atoms with Crippen molar-refractivity contribution in [3.63, 3.8) is 0 Å². The van der Waals surface area contributed by atoms with Gasteiger partial charge in [0.05, 0.1) is 6.04 Å². The highest BCUT2D eigenvalue weighted by Crippen LogP contribution is 2.22. The fourth-order valence-electron chi connectivity index (χ4n) is 2.11. The molecule has 0 radical (unpaired) electrons. The highest BCUT2D eigenvalue weighted by molar-refractivity contribution is 5.65. The topological polar surface area (TPSA) is 99.8 Å². The SMILES string of the molecule is CN(C(=O)O)[C@H]1CCN(c2cccc([N+](=O)[O-])n2)C1. The quantitative estimate of drug-likeness (QED) is 0.651. The van der Waals surface area contributed by atoms with Crippen LogP contribution in [-0.2, 0) is 0 Å². The van der Waals surface area contributed by atoms with Gasteiger partial charge in [0, 0.05) is 32.3 Å². The molecule has 1 aromatic heterocycles. The number of nitrogens with zero attached hydrogens (tertiary/aromatic N) is 4. The Morgan fingerprint density at radius 3 is 3.00 bits per heavy atom. The van der Waals surface area contributed by atoms with Crippen molar-refractivity contribution >= 4 is 17.7 Å². The molecule has 1 aliphatic heterocycles. The monoisotopic (exact) mass is 266 g/mol. The molecule has 1 amide bonds. The maximum Gasteiger partial charge on any atom is 0.407 e. The minimum Gasteiger partial charge on any atom is -0.465 e. The zero-order valence-electron chi connectivity index (χ0n) is 10.4. The Bertz CT molecular complexity index is 507. The lowest BCUT2D eigenvalue weighted by molar-refractivity contribution is -0.389. The van der Waals surface area contributed by atoms with E-state index in [-0.39, 0.29) is 11.9 Å². The zero-order chi connectivity index (χ0) is 14.0. The predicted octanol–water partition coefficient (Wildman–Crippen LogP) is 1.18. The molecular formula is C11H14N4O4. The predicted molar refractivity (Wildman–Crippen MR) is 67.3 cm³/mol. The Hall–Kier alpha value is -2.38. The molecule has 1 N–H and O–H groups in total. The minimum atomic E-state index is -0.973. The first kappa shape index (κ1) is 13.1. The number of aromatic nitrogens is 1. The summed E-state index contributed by atoms with van der Waals surface area (Å²) in [7, 11) is 1.53. The number of amides is 1. The van der Waals surface area contributed by atoms with Crippen LogP contribution in [0.25, 0.3) is 0 Å². The summed E-state index contributed by atoms with van der Waals surface area (Å²) >= 11 is 0. The molecule has 1 aromatic rings. The lowest BCUT2D eigenvalue weighted by Gasteiger charge is -2.21. The van der Waals surface area contributed by atoms with Crippen LogP contribution in [0.15, 0.2) is 18.2 Å². The summed E-state index contributed by atoms with van der Waals surface area (Å²) in [6.07, 6.45) is -0.286. The average Bonchev–Trinajstić information content (AvgIpc) is 2.87. The van der Waals surface area contributed by atoms with Gasteiger partial charge in [-0.15, -0.1) is 0 Å². The van der Waals surface area contributed by atoms with Crippen molar-refractivity contribution in [2.45, 2.75) is 12.5 Å². The van der Waals surface area contributed by atoms with Crippen LogP contribution < -0.4 is 4.90 Å². The second kappa shape index (κ2) is 5.09. The fraction of sp³-hybridized carbons (Fsp3) is 0.455. The van der Waals surface area contributed by atoms with Crippen LogP contribution in [0.1, 0.15) is 6.42 Å². The van der Waals surface area contributed by atoms with E-state index in [4.69, 9.17) is 5.11 Å². The number of hydrogen-bond acceptors (Lipinski definition) is 5. The van der Waals surface area contributed by atoms with E-state index in [1.54, 1.807) is 12.1 Å². The van der Waals surface area contributed by atoms with Crippen LogP contribution in [0.4, 0.5) is 16.4 Å². The van der Waals surface area contributed by atoms with Gasteiger partial charge in [-0.1, -0.05) is 0 Å². The van der Waals surface area contributed by atoms with Crippen LogP contribution >= 0.6 is 0 Å². The van der Waals surface area contributed by atoms with Gasteiger partial charge in [-0.25, -0.2) is 4.79 Å². The zero-order valence-corrected chi connectivity index (χ0v) is 10.4. The number of carboxylic acid groups (broad SMARTS) is 1. The molecule has 0 aliphatic carbocycles. The van der Waals surface area contributed by atoms with E-state index in [0.29, 0.717) is 25.3 Å². The van der Waals surface area contributed by atoms with Gasteiger partial charge in [-0.05, 0) is 22.4 Å². The molecule has 1 saturated heterocycles. The molecule has 8 heteroatoms. The summed E-state index contributed by atoms with van der Waals surface area (Å²) in [5.41, 5.74) is 0. The maximum atomic E-state index is 10.9. The molecule has 19 heavy (non-hydrogen) atoms. The molecule has 0 aromatic carbocycles. The van der Waals surface area contributed by atoms with Gasteiger partial charge in [0.15, 0.2) is 0 Å². The molecule has 1 fully saturated rings. The maximum absolute atomic E-state index is 10.9. The Morgan fingerprint density at radius 2 is 2.37 bits per heavy atom. The molecule has 8 nitrogen and oxygen atoms in total. The lowest BCUT2D eigenvalue weighted by Crippen LogP contribution is -2.38. The second-order valence-corrected chi connectivity index (χ2v) is 4.39. The van der Waals surface area contributed by atoms with Gasteiger partial charge in [-0.3, -0.25) is 0 Å². The molecule has 0 spiro atoms. The van der Waals surface area contributed by atoms with Gasteiger partial charge in [0.2, 0.25) is 5.82 Å². The van der Waals surface area contributed by atoms with Crippen molar-refractivity contribution in [2.24, 2.45) is 0 Å². The number of nitro groups is 1. The third kappa shape index (κ3) is 2.72. The Kier molecular flexibility index (Phi) is 3.50. The number of pyridine rings is 1. The summed E-state index contributed by atoms with van der Waals surface area (Å²) < 4.78 is 0. The van der Waals surface area contributed by atoms with E-state index in [1.165, 1.54) is 18.0 Å². The third-order valence-electron chi connectivity index (χ3n) is 3.24. The minimum absolute atomic E-state index is 0.112. The molecule has 102 valence electrons. The lowest BCUT2D eigenvalue weighted by atomic mass is 10.2. The molecule has 1 atom stereocenters. The van der Waals surface area contributed by atoms with Gasteiger partial charge < -0.3 is 25.0 Å². The Balaban J connectivity index is 2.10. The van der Waals surface area contributed by atoms with Crippen LogP contribution in [0.5, 0.6) is 0 Å². The van der Waals surface area contributed by atoms with Gasteiger partial charge in [0.25, 0.3) is 0 Å². The smallest absolute Gasteiger partial charge is 0.407 e. The first-order chi connectivity index (χ1) is 8.99. The number of carbonyl (C=O) groups is 1. The van der Waals surface area contributed by atoms with Gasteiger partial charge in [0.1, 0.15) is 0 Å². The molecule has 2 heterocycles. The second-order valence-electron chi connectivity index (χ2n) is 4.39. The number of anilines is 1. The number of hydrogen-bond donors (Lipinski definition) is 1. The van der Waals surface area contributed by atoms with Crippen molar-refractivity contribution < 1.29 is 14.8 Å². The van der Waals surface area contributed by atoms with Gasteiger partial charge in [-0.2, -0.15) is 0 Å². The van der Waals surface area contributed by atoms with E-state index >= 15 is 0 Å². The van der Waals surface area contributed by atoms with Crippen molar-refractivity contribution in [3.05, 3.63) is 28.3 Å². The summed E-state index contributed by atoms with van der Waals surface area (Å²) in [4.78, 5) is 28.1. The van der Waals surface area contributed by atoms with Crippen molar-refractivity contribution in [2.75, 3.05) is 25.0 Å². The van der Waals surface area contributed by atoms with Gasteiger partial charge >= 0.3 is 11.9 Å². The van der Waals surface area contributed by atoms with E-state index < -0.39 is 11.0 Å². The first-order valence-corrected chi connectivity index (χ1v) is 5.81. The van der Waals surface area contributed by atoms with Crippen LogP contribution in [-0.4, -0.2) is 52.2 Å². The molecule has 2 rings (SSSR count). The van der Waals surface area contributed by atoms with E-state index in [1.807, 2.05) is 4.90 Å². The van der Waals surface area contributed by atoms with Crippen molar-refractivity contribution in [1.29, 1.82) is 0 Å². The molecule has 0 bridgehead atoms. The van der Waals surface area contributed by atoms with E-state index in [9.17, 15) is 14.9 Å². The van der Waals surface area contributed by atoms with Crippen LogP contribution in [0.3, 0.4) is 0 Å². The molecule has 1 aliphatic rings. The van der Waals surface area contributed by atoms with Crippen LogP contribution in [0.2, 0.25) is 0 Å². The van der Waals surface area contributed by atoms with Crippen LogP contribution in [0, 0.1) is 10.1 Å². The summed E-state index contributed by atoms with van der Waals surface area (Å²) in [6, 6.07) is 4.49. The molecule has 0 saturated carbocycles. The summed E-state index contributed by atoms with van der Waals surface area (Å²) in [5.74, 6) is 0.308. The summed E-state index contributed by atoms with van der Waals surface area (Å²) in [5, 5.41) is 19.6. The van der Waals surface area contributed by atoms with E-state index in [2.05, 4.69) is 4.98 Å². The molecular weight excluding hydrogens is 252 g/mol. The third-order valence-corrected chi connectivity index (χ3v) is 3.24. The largest absolute Gasteiger partial charge is 0.465 e. The normalized spacial score (nSPS) is 18.4.